The van der Waals surface area contributed by atoms with Crippen LogP contribution in [0.1, 0.15) is 0 Å². The van der Waals surface area contributed by atoms with Crippen molar-refractivity contribution >= 4 is 11.6 Å². The van der Waals surface area contributed by atoms with Crippen LogP contribution < -0.4 is 24.0 Å². The largest absolute Gasteiger partial charge is 0.495 e. The molecule has 4 rings (SSSR count). The van der Waals surface area contributed by atoms with Gasteiger partial charge >= 0.3 is 0 Å². The van der Waals surface area contributed by atoms with E-state index in [1.807, 2.05) is 49.5 Å². The van der Waals surface area contributed by atoms with Gasteiger partial charge in [-0.3, -0.25) is 4.79 Å². The summed E-state index contributed by atoms with van der Waals surface area (Å²) in [5.74, 6) is 2.54. The first-order chi connectivity index (χ1) is 14.6. The number of likely N-dealkylation sites (N-methyl/N-ethyl adjacent to an activating group) is 1. The van der Waals surface area contributed by atoms with Crippen molar-refractivity contribution in [2.45, 2.75) is 6.10 Å². The van der Waals surface area contributed by atoms with Crippen molar-refractivity contribution in [2.24, 2.45) is 0 Å². The Morgan fingerprint density at radius 2 is 1.83 bits per heavy atom. The molecule has 0 radical (unpaired) electrons. The fraction of sp³-hybridized carbons (Fsp3) is 0.435. The number of hydrogen-bond donors (Lipinski definition) is 1. The number of ether oxygens (including phenoxy) is 3. The van der Waals surface area contributed by atoms with E-state index in [9.17, 15) is 4.79 Å². The van der Waals surface area contributed by atoms with Crippen molar-refractivity contribution < 1.29 is 23.9 Å². The Kier molecular flexibility index (Phi) is 6.28. The summed E-state index contributed by atoms with van der Waals surface area (Å²) in [4.78, 5) is 18.2. The smallest absolute Gasteiger partial charge is 0.277 e. The molecule has 1 saturated heterocycles. The van der Waals surface area contributed by atoms with Crippen molar-refractivity contribution in [2.75, 3.05) is 64.9 Å². The van der Waals surface area contributed by atoms with Gasteiger partial charge in [0.2, 0.25) is 0 Å². The minimum absolute atomic E-state index is 0.137. The molecule has 0 spiro atoms. The van der Waals surface area contributed by atoms with Gasteiger partial charge in [0.25, 0.3) is 5.91 Å². The van der Waals surface area contributed by atoms with Crippen LogP contribution in [0.2, 0.25) is 0 Å². The number of methoxy groups -OCH3 is 1. The van der Waals surface area contributed by atoms with Gasteiger partial charge in [0, 0.05) is 7.05 Å². The molecule has 2 aliphatic rings. The predicted octanol–water partition coefficient (Wildman–Crippen LogP) is 0.699. The lowest BCUT2D eigenvalue weighted by Gasteiger charge is -2.35. The Morgan fingerprint density at radius 1 is 1.13 bits per heavy atom. The van der Waals surface area contributed by atoms with Crippen LogP contribution in [0.25, 0.3) is 0 Å². The van der Waals surface area contributed by atoms with Crippen LogP contribution in [-0.4, -0.2) is 76.9 Å². The third kappa shape index (κ3) is 4.62. The molecule has 2 aromatic carbocycles. The first-order valence-corrected chi connectivity index (χ1v) is 10.5. The van der Waals surface area contributed by atoms with Gasteiger partial charge < -0.3 is 28.9 Å². The number of anilines is 1. The Bertz CT molecular complexity index is 867. The van der Waals surface area contributed by atoms with Crippen LogP contribution in [0.3, 0.4) is 0 Å². The molecule has 0 aliphatic carbocycles. The number of hydrogen-bond acceptors (Lipinski definition) is 5. The lowest BCUT2D eigenvalue weighted by atomic mass is 10.2. The summed E-state index contributed by atoms with van der Waals surface area (Å²) in [6.07, 6.45) is -0.147. The van der Waals surface area contributed by atoms with Crippen molar-refractivity contribution in [3.63, 3.8) is 0 Å². The molecular formula is C23H30N3O4+. The molecule has 160 valence electrons. The Labute approximate surface area is 177 Å². The van der Waals surface area contributed by atoms with Crippen molar-refractivity contribution in [1.82, 2.24) is 4.90 Å². The monoisotopic (exact) mass is 412 g/mol. The lowest BCUT2D eigenvalue weighted by molar-refractivity contribution is -0.892. The summed E-state index contributed by atoms with van der Waals surface area (Å²) < 4.78 is 17.2. The van der Waals surface area contributed by atoms with Crippen molar-refractivity contribution in [3.8, 4) is 17.2 Å². The van der Waals surface area contributed by atoms with Crippen molar-refractivity contribution in [3.05, 3.63) is 48.5 Å². The van der Waals surface area contributed by atoms with Gasteiger partial charge in [0.15, 0.2) is 24.1 Å². The molecule has 2 aromatic rings. The maximum Gasteiger partial charge on any atom is 0.277 e. The van der Waals surface area contributed by atoms with E-state index in [4.69, 9.17) is 14.2 Å². The molecule has 7 nitrogen and oxygen atoms in total. The molecule has 2 heterocycles. The van der Waals surface area contributed by atoms with Crippen LogP contribution in [0.15, 0.2) is 48.5 Å². The summed E-state index contributed by atoms with van der Waals surface area (Å²) >= 11 is 0. The van der Waals surface area contributed by atoms with E-state index in [2.05, 4.69) is 11.0 Å². The van der Waals surface area contributed by atoms with Gasteiger partial charge in [-0.05, 0) is 24.3 Å². The van der Waals surface area contributed by atoms with E-state index in [1.165, 1.54) is 4.90 Å². The number of amides is 1. The number of carbonyl (C=O) groups excluding carboxylic acids is 1. The minimum atomic E-state index is -0.147. The van der Waals surface area contributed by atoms with Crippen LogP contribution >= 0.6 is 0 Å². The molecule has 7 heteroatoms. The maximum atomic E-state index is 12.8. The zero-order chi connectivity index (χ0) is 20.9. The van der Waals surface area contributed by atoms with Gasteiger partial charge in [0.1, 0.15) is 12.4 Å². The van der Waals surface area contributed by atoms with E-state index in [0.29, 0.717) is 19.7 Å². The van der Waals surface area contributed by atoms with Gasteiger partial charge in [-0.2, -0.15) is 0 Å². The Balaban J connectivity index is 1.25. The normalized spacial score (nSPS) is 18.7. The molecule has 1 atom stereocenters. The van der Waals surface area contributed by atoms with Gasteiger partial charge in [-0.15, -0.1) is 0 Å². The molecule has 0 saturated carbocycles. The molecule has 1 fully saturated rings. The number of piperazine rings is 1. The first-order valence-electron chi connectivity index (χ1n) is 10.5. The van der Waals surface area contributed by atoms with Gasteiger partial charge in [0.05, 0.1) is 45.5 Å². The number of carbonyl (C=O) groups is 1. The quantitative estimate of drug-likeness (QED) is 0.757. The minimum Gasteiger partial charge on any atom is -0.495 e. The van der Waals surface area contributed by atoms with Gasteiger partial charge in [-0.25, -0.2) is 0 Å². The number of nitrogens with one attached hydrogen (secondary N) is 1. The van der Waals surface area contributed by atoms with E-state index < -0.39 is 0 Å². The highest BCUT2D eigenvalue weighted by molar-refractivity contribution is 5.76. The zero-order valence-electron chi connectivity index (χ0n) is 17.7. The highest BCUT2D eigenvalue weighted by Crippen LogP contribution is 2.31. The van der Waals surface area contributed by atoms with Gasteiger partial charge in [-0.1, -0.05) is 24.3 Å². The average Bonchev–Trinajstić information content (AvgIpc) is 2.79. The number of nitrogens with zero attached hydrogens (tertiary/aromatic N) is 2. The van der Waals surface area contributed by atoms with Crippen molar-refractivity contribution in [1.29, 1.82) is 0 Å². The lowest BCUT2D eigenvalue weighted by Crippen LogP contribution is -3.15. The number of benzene rings is 2. The second-order valence-corrected chi connectivity index (χ2v) is 7.86. The zero-order valence-corrected chi connectivity index (χ0v) is 17.7. The van der Waals surface area contributed by atoms with Crippen LogP contribution in [0.4, 0.5) is 5.69 Å². The molecular weight excluding hydrogens is 382 g/mol. The second-order valence-electron chi connectivity index (χ2n) is 7.86. The van der Waals surface area contributed by atoms with E-state index in [-0.39, 0.29) is 12.0 Å². The third-order valence-corrected chi connectivity index (χ3v) is 5.77. The van der Waals surface area contributed by atoms with E-state index >= 15 is 0 Å². The summed E-state index contributed by atoms with van der Waals surface area (Å²) in [5.41, 5.74) is 1.12. The molecule has 2 aliphatic heterocycles. The van der Waals surface area contributed by atoms with E-state index in [0.717, 1.165) is 49.1 Å². The number of fused-ring (bicyclic) bond motifs is 1. The third-order valence-electron chi connectivity index (χ3n) is 5.77. The van der Waals surface area contributed by atoms with Crippen LogP contribution in [0.5, 0.6) is 17.2 Å². The van der Waals surface area contributed by atoms with E-state index in [1.54, 1.807) is 12.0 Å². The SMILES string of the molecule is COc1ccccc1N1CC[NH+](CC(=O)N(C)C[C@@H]2COc3ccccc3O2)CC1. The standard InChI is InChI=1S/C23H29N3O4/c1-24(15-18-17-29-21-9-5-6-10-22(21)30-18)23(27)16-25-11-13-26(14-12-25)19-7-3-4-8-20(19)28-2/h3-10,18H,11-17H2,1-2H3/p+1/t18-/m1/s1. The number of quaternary nitrogens is 1. The van der Waals surface area contributed by atoms with Crippen LogP contribution in [-0.2, 0) is 4.79 Å². The highest BCUT2D eigenvalue weighted by atomic mass is 16.6. The fourth-order valence-corrected chi connectivity index (χ4v) is 4.04. The highest BCUT2D eigenvalue weighted by Gasteiger charge is 2.27. The molecule has 0 aromatic heterocycles. The molecule has 1 amide bonds. The Hall–Kier alpha value is -2.93. The Morgan fingerprint density at radius 3 is 2.60 bits per heavy atom. The summed E-state index contributed by atoms with van der Waals surface area (Å²) in [6.45, 7) is 5.14. The number of rotatable bonds is 6. The molecule has 30 heavy (non-hydrogen) atoms. The molecule has 0 unspecified atom stereocenters. The maximum absolute atomic E-state index is 12.8. The average molecular weight is 413 g/mol. The summed E-state index contributed by atoms with van der Waals surface area (Å²) in [6, 6.07) is 15.7. The second kappa shape index (κ2) is 9.26. The molecule has 1 N–H and O–H groups in total. The topological polar surface area (TPSA) is 55.7 Å². The van der Waals surface area contributed by atoms with Crippen LogP contribution in [0, 0.1) is 0 Å². The first kappa shape index (κ1) is 20.3. The summed E-state index contributed by atoms with van der Waals surface area (Å²) in [5, 5.41) is 0. The number of para-hydroxylation sites is 4. The molecule has 0 bridgehead atoms. The predicted molar refractivity (Wildman–Crippen MR) is 115 cm³/mol. The summed E-state index contributed by atoms with van der Waals surface area (Å²) in [7, 11) is 3.55. The fourth-order valence-electron chi connectivity index (χ4n) is 4.04.